The van der Waals surface area contributed by atoms with E-state index < -0.39 is 6.10 Å². The van der Waals surface area contributed by atoms with Gasteiger partial charge in [0.15, 0.2) is 5.76 Å². The van der Waals surface area contributed by atoms with Gasteiger partial charge < -0.3 is 28.3 Å². The van der Waals surface area contributed by atoms with E-state index in [4.69, 9.17) is 29.9 Å². The molecule has 0 radical (unpaired) electrons. The number of ether oxygens (including phenoxy) is 2. The Labute approximate surface area is 220 Å². The first-order chi connectivity index (χ1) is 17.0. The van der Waals surface area contributed by atoms with E-state index in [0.29, 0.717) is 52.1 Å². The van der Waals surface area contributed by atoms with Crippen molar-refractivity contribution in [2.45, 2.75) is 31.8 Å². The van der Waals surface area contributed by atoms with Gasteiger partial charge >= 0.3 is 0 Å². The quantitative estimate of drug-likeness (QED) is 0.317. The molecule has 3 heterocycles. The molecule has 192 valence electrons. The van der Waals surface area contributed by atoms with E-state index in [1.54, 1.807) is 14.0 Å². The van der Waals surface area contributed by atoms with E-state index in [1.165, 1.54) is 5.56 Å². The minimum atomic E-state index is -0.609. The average Bonchev–Trinajstić information content (AvgIpc) is 3.49. The highest BCUT2D eigenvalue weighted by Gasteiger charge is 2.23. The molecule has 2 aromatic carbocycles. The number of halogens is 2. The topological polar surface area (TPSA) is 94.0 Å². The van der Waals surface area contributed by atoms with Crippen molar-refractivity contribution in [1.82, 2.24) is 15.1 Å². The molecule has 0 spiro atoms. The summed E-state index contributed by atoms with van der Waals surface area (Å²) in [6, 6.07) is 13.4. The van der Waals surface area contributed by atoms with E-state index in [2.05, 4.69) is 21.2 Å². The first-order valence-electron chi connectivity index (χ1n) is 11.7. The van der Waals surface area contributed by atoms with Crippen LogP contribution in [0.3, 0.4) is 0 Å². The number of aliphatic hydroxyl groups is 1. The van der Waals surface area contributed by atoms with Crippen molar-refractivity contribution < 1.29 is 23.4 Å². The minimum Gasteiger partial charge on any atom is -0.495 e. The number of benzene rings is 2. The number of nitrogens with zero attached hydrogens (tertiary/aromatic N) is 3. The number of β-amino-alcohol motifs (C(OH)–C–C–N with tert-alkyl or cyclic N) is 1. The maximum atomic E-state index is 10.6. The molecule has 10 heteroatoms. The number of aromatic nitrogens is 2. The monoisotopic (exact) mass is 533 g/mol. The number of furan rings is 1. The highest BCUT2D eigenvalue weighted by molar-refractivity contribution is 6.32. The van der Waals surface area contributed by atoms with Crippen LogP contribution in [0, 0.1) is 6.92 Å². The van der Waals surface area contributed by atoms with Gasteiger partial charge in [0.05, 0.1) is 17.5 Å². The van der Waals surface area contributed by atoms with Gasteiger partial charge in [0.2, 0.25) is 5.89 Å². The van der Waals surface area contributed by atoms with E-state index in [1.807, 2.05) is 36.4 Å². The number of methoxy groups -OCH3 is 1. The summed E-state index contributed by atoms with van der Waals surface area (Å²) in [5.74, 6) is 3.07. The van der Waals surface area contributed by atoms with Gasteiger partial charge in [0, 0.05) is 19.5 Å². The summed E-state index contributed by atoms with van der Waals surface area (Å²) in [7, 11) is 1.62. The van der Waals surface area contributed by atoms with Crippen molar-refractivity contribution in [3.8, 4) is 23.1 Å². The zero-order valence-corrected chi connectivity index (χ0v) is 21.7. The van der Waals surface area contributed by atoms with E-state index >= 15 is 0 Å². The van der Waals surface area contributed by atoms with Crippen molar-refractivity contribution in [3.05, 3.63) is 58.9 Å². The Hall–Kier alpha value is -2.78. The first kappa shape index (κ1) is 26.3. The summed E-state index contributed by atoms with van der Waals surface area (Å²) in [5, 5.41) is 19.9. The molecule has 2 aromatic heterocycles. The molecule has 1 atom stereocenters. The Morgan fingerprint density at radius 2 is 1.92 bits per heavy atom. The summed E-state index contributed by atoms with van der Waals surface area (Å²) >= 11 is 6.30. The third-order valence-electron chi connectivity index (χ3n) is 6.39. The summed E-state index contributed by atoms with van der Waals surface area (Å²) in [6.45, 7) is 4.30. The Balaban J connectivity index is 0.00000304. The van der Waals surface area contributed by atoms with Gasteiger partial charge in [-0.1, -0.05) is 23.7 Å². The largest absolute Gasteiger partial charge is 0.495 e. The van der Waals surface area contributed by atoms with Gasteiger partial charge in [-0.15, -0.1) is 22.6 Å². The molecule has 0 saturated carbocycles. The maximum absolute atomic E-state index is 10.6. The fraction of sp³-hybridized carbons (Fsp3) is 0.385. The number of hydrogen-bond acceptors (Lipinski definition) is 8. The van der Waals surface area contributed by atoms with Crippen molar-refractivity contribution in [2.24, 2.45) is 0 Å². The predicted molar refractivity (Wildman–Crippen MR) is 139 cm³/mol. The molecule has 0 aliphatic carbocycles. The van der Waals surface area contributed by atoms with Gasteiger partial charge in [-0.05, 0) is 61.7 Å². The number of rotatable bonds is 8. The van der Waals surface area contributed by atoms with Crippen LogP contribution in [0.5, 0.6) is 11.5 Å². The molecule has 0 bridgehead atoms. The minimum absolute atomic E-state index is 0. The van der Waals surface area contributed by atoms with Gasteiger partial charge in [0.25, 0.3) is 5.89 Å². The lowest BCUT2D eigenvalue weighted by atomic mass is 9.89. The molecule has 4 aromatic rings. The molecule has 1 saturated heterocycles. The number of aryl methyl sites for hydroxylation is 1. The second kappa shape index (κ2) is 11.5. The van der Waals surface area contributed by atoms with Gasteiger partial charge in [-0.3, -0.25) is 0 Å². The number of hydrogen-bond donors (Lipinski definition) is 1. The molecule has 1 aliphatic rings. The molecule has 5 rings (SSSR count). The van der Waals surface area contributed by atoms with Crippen LogP contribution in [-0.2, 0) is 0 Å². The van der Waals surface area contributed by atoms with Crippen LogP contribution in [-0.4, -0.2) is 59.7 Å². The molecular weight excluding hydrogens is 505 g/mol. The molecule has 1 N–H and O–H groups in total. The first-order valence-corrected chi connectivity index (χ1v) is 12.1. The highest BCUT2D eigenvalue weighted by Crippen LogP contribution is 2.34. The standard InChI is InChI=1S/C26H28ClN3O5.ClH/c1-16-28-29-26(34-16)25-13-20-22(4-3-5-23(20)35-25)33-15-19(31)14-30-10-8-17(9-11-30)18-6-7-24(32-2)21(27)12-18;/h3-7,12-13,17,19,31H,8-11,14-15H2,1-2H3;1H/t19-;/m0./s1. The fourth-order valence-corrected chi connectivity index (χ4v) is 4.85. The van der Waals surface area contributed by atoms with Gasteiger partial charge in [-0.25, -0.2) is 0 Å². The number of piperidine rings is 1. The smallest absolute Gasteiger partial charge is 0.283 e. The van der Waals surface area contributed by atoms with Crippen LogP contribution in [0.4, 0.5) is 0 Å². The summed E-state index contributed by atoms with van der Waals surface area (Å²) < 4.78 is 22.5. The summed E-state index contributed by atoms with van der Waals surface area (Å²) in [4.78, 5) is 2.28. The molecule has 1 fully saturated rings. The van der Waals surface area contributed by atoms with Gasteiger partial charge in [-0.2, -0.15) is 0 Å². The summed E-state index contributed by atoms with van der Waals surface area (Å²) in [6.07, 6.45) is 1.42. The average molecular weight is 534 g/mol. The van der Waals surface area contributed by atoms with Crippen LogP contribution in [0.25, 0.3) is 22.6 Å². The maximum Gasteiger partial charge on any atom is 0.283 e. The van der Waals surface area contributed by atoms with Crippen LogP contribution in [0.2, 0.25) is 5.02 Å². The summed E-state index contributed by atoms with van der Waals surface area (Å²) in [5.41, 5.74) is 1.89. The zero-order valence-electron chi connectivity index (χ0n) is 20.1. The third-order valence-corrected chi connectivity index (χ3v) is 6.69. The van der Waals surface area contributed by atoms with Crippen molar-refractivity contribution in [1.29, 1.82) is 0 Å². The van der Waals surface area contributed by atoms with Crippen LogP contribution < -0.4 is 9.47 Å². The van der Waals surface area contributed by atoms with Crippen molar-refractivity contribution in [3.63, 3.8) is 0 Å². The predicted octanol–water partition coefficient (Wildman–Crippen LogP) is 5.49. The lowest BCUT2D eigenvalue weighted by Crippen LogP contribution is -2.40. The zero-order chi connectivity index (χ0) is 24.4. The molecule has 36 heavy (non-hydrogen) atoms. The van der Waals surface area contributed by atoms with E-state index in [0.717, 1.165) is 31.3 Å². The Morgan fingerprint density at radius 3 is 2.61 bits per heavy atom. The highest BCUT2D eigenvalue weighted by atomic mass is 35.5. The molecule has 0 amide bonds. The van der Waals surface area contributed by atoms with Gasteiger partial charge in [0.1, 0.15) is 29.8 Å². The number of aliphatic hydroxyl groups excluding tert-OH is 1. The van der Waals surface area contributed by atoms with Crippen LogP contribution >= 0.6 is 24.0 Å². The Kier molecular flexibility index (Phi) is 8.41. The molecule has 8 nitrogen and oxygen atoms in total. The molecule has 0 unspecified atom stereocenters. The molecular formula is C26H29Cl2N3O5. The van der Waals surface area contributed by atoms with Crippen LogP contribution in [0.1, 0.15) is 30.2 Å². The fourth-order valence-electron chi connectivity index (χ4n) is 4.58. The Bertz CT molecular complexity index is 1300. The Morgan fingerprint density at radius 1 is 1.11 bits per heavy atom. The lowest BCUT2D eigenvalue weighted by Gasteiger charge is -2.33. The van der Waals surface area contributed by atoms with E-state index in [9.17, 15) is 5.11 Å². The number of fused-ring (bicyclic) bond motifs is 1. The van der Waals surface area contributed by atoms with Crippen molar-refractivity contribution in [2.75, 3.05) is 33.4 Å². The van der Waals surface area contributed by atoms with Crippen molar-refractivity contribution >= 4 is 35.0 Å². The van der Waals surface area contributed by atoms with Crippen LogP contribution in [0.15, 0.2) is 51.3 Å². The second-order valence-corrected chi connectivity index (χ2v) is 9.25. The lowest BCUT2D eigenvalue weighted by molar-refractivity contribution is 0.0599. The third kappa shape index (κ3) is 5.78. The number of likely N-dealkylation sites (tertiary alicyclic amines) is 1. The normalized spacial score (nSPS) is 15.6. The molecule has 1 aliphatic heterocycles. The van der Waals surface area contributed by atoms with E-state index in [-0.39, 0.29) is 19.0 Å². The SMILES string of the molecule is COc1ccc(C2CCN(C[C@H](O)COc3cccc4oc(-c5nnc(C)o5)cc34)CC2)cc1Cl.Cl. The second-order valence-electron chi connectivity index (χ2n) is 8.84.